The van der Waals surface area contributed by atoms with E-state index < -0.39 is 0 Å². The van der Waals surface area contributed by atoms with E-state index in [0.29, 0.717) is 18.7 Å². The number of nitrogens with one attached hydrogen (secondary N) is 1. The van der Waals surface area contributed by atoms with Gasteiger partial charge < -0.3 is 11.1 Å². The fourth-order valence-electron chi connectivity index (χ4n) is 0.871. The Balaban J connectivity index is 2.68. The van der Waals surface area contributed by atoms with E-state index in [0.717, 1.165) is 0 Å². The van der Waals surface area contributed by atoms with Crippen molar-refractivity contribution in [3.8, 4) is 6.07 Å². The SMILES string of the molecule is N#Cc1ccc(C(=O)NCCN)nc1. The summed E-state index contributed by atoms with van der Waals surface area (Å²) in [7, 11) is 0. The van der Waals surface area contributed by atoms with Crippen molar-refractivity contribution in [1.82, 2.24) is 10.3 Å². The average Bonchev–Trinajstić information content (AvgIpc) is 2.26. The summed E-state index contributed by atoms with van der Waals surface area (Å²) in [6.45, 7) is 0.808. The zero-order valence-corrected chi connectivity index (χ0v) is 7.53. The van der Waals surface area contributed by atoms with E-state index >= 15 is 0 Å². The molecule has 0 spiro atoms. The summed E-state index contributed by atoms with van der Waals surface area (Å²) >= 11 is 0. The molecule has 5 heteroatoms. The largest absolute Gasteiger partial charge is 0.349 e. The molecule has 0 bridgehead atoms. The number of hydrogen-bond donors (Lipinski definition) is 2. The average molecular weight is 190 g/mol. The lowest BCUT2D eigenvalue weighted by molar-refractivity contribution is 0.0950. The molecule has 1 aromatic heterocycles. The Bertz CT molecular complexity index is 352. The van der Waals surface area contributed by atoms with Gasteiger partial charge in [-0.1, -0.05) is 0 Å². The number of pyridine rings is 1. The second-order valence-electron chi connectivity index (χ2n) is 2.59. The maximum Gasteiger partial charge on any atom is 0.269 e. The van der Waals surface area contributed by atoms with E-state index in [1.54, 1.807) is 6.07 Å². The smallest absolute Gasteiger partial charge is 0.269 e. The molecule has 1 aromatic rings. The van der Waals surface area contributed by atoms with Crippen molar-refractivity contribution >= 4 is 5.91 Å². The number of nitriles is 1. The van der Waals surface area contributed by atoms with E-state index in [2.05, 4.69) is 10.3 Å². The number of carbonyl (C=O) groups excluding carboxylic acids is 1. The first-order valence-electron chi connectivity index (χ1n) is 4.12. The lowest BCUT2D eigenvalue weighted by Crippen LogP contribution is -2.29. The van der Waals surface area contributed by atoms with Crippen LogP contribution in [0.5, 0.6) is 0 Å². The van der Waals surface area contributed by atoms with Crippen molar-refractivity contribution in [2.24, 2.45) is 5.73 Å². The van der Waals surface area contributed by atoms with E-state index in [4.69, 9.17) is 11.0 Å². The Morgan fingerprint density at radius 1 is 1.64 bits per heavy atom. The second kappa shape index (κ2) is 4.94. The summed E-state index contributed by atoms with van der Waals surface area (Å²) in [6.07, 6.45) is 1.36. The number of aromatic nitrogens is 1. The van der Waals surface area contributed by atoms with Crippen LogP contribution in [0.3, 0.4) is 0 Å². The van der Waals surface area contributed by atoms with Gasteiger partial charge in [0.2, 0.25) is 0 Å². The first-order valence-corrected chi connectivity index (χ1v) is 4.12. The van der Waals surface area contributed by atoms with E-state index in [1.165, 1.54) is 12.3 Å². The van der Waals surface area contributed by atoms with Crippen molar-refractivity contribution in [1.29, 1.82) is 5.26 Å². The highest BCUT2D eigenvalue weighted by Gasteiger charge is 2.04. The third-order valence-electron chi connectivity index (χ3n) is 1.56. The minimum absolute atomic E-state index is 0.278. The van der Waals surface area contributed by atoms with E-state index in [1.807, 2.05) is 6.07 Å². The maximum absolute atomic E-state index is 11.3. The van der Waals surface area contributed by atoms with Gasteiger partial charge in [0.05, 0.1) is 5.56 Å². The van der Waals surface area contributed by atoms with Gasteiger partial charge in [-0.2, -0.15) is 5.26 Å². The molecule has 0 radical (unpaired) electrons. The molecule has 1 rings (SSSR count). The fraction of sp³-hybridized carbons (Fsp3) is 0.222. The van der Waals surface area contributed by atoms with Gasteiger partial charge in [0.15, 0.2) is 0 Å². The molecular formula is C9H10N4O. The number of nitrogens with two attached hydrogens (primary N) is 1. The van der Waals surface area contributed by atoms with E-state index in [9.17, 15) is 4.79 Å². The Hall–Kier alpha value is -1.93. The Morgan fingerprint density at radius 3 is 2.93 bits per heavy atom. The highest BCUT2D eigenvalue weighted by Crippen LogP contribution is 1.98. The van der Waals surface area contributed by atoms with Crippen LogP contribution in [-0.2, 0) is 0 Å². The maximum atomic E-state index is 11.3. The zero-order chi connectivity index (χ0) is 10.4. The molecule has 0 aliphatic carbocycles. The van der Waals surface area contributed by atoms with Crippen LogP contribution in [0.25, 0.3) is 0 Å². The summed E-state index contributed by atoms with van der Waals surface area (Å²) < 4.78 is 0. The van der Waals surface area contributed by atoms with Gasteiger partial charge in [0.1, 0.15) is 11.8 Å². The Kier molecular flexibility index (Phi) is 3.58. The van der Waals surface area contributed by atoms with Gasteiger partial charge in [0.25, 0.3) is 5.91 Å². The van der Waals surface area contributed by atoms with Crippen LogP contribution in [-0.4, -0.2) is 24.0 Å². The minimum atomic E-state index is -0.278. The summed E-state index contributed by atoms with van der Waals surface area (Å²) in [5, 5.41) is 11.1. The third kappa shape index (κ3) is 2.54. The predicted molar refractivity (Wildman–Crippen MR) is 50.3 cm³/mol. The molecule has 0 aliphatic rings. The molecule has 0 aliphatic heterocycles. The molecule has 3 N–H and O–H groups in total. The van der Waals surface area contributed by atoms with Crippen LogP contribution in [0.4, 0.5) is 0 Å². The molecular weight excluding hydrogens is 180 g/mol. The van der Waals surface area contributed by atoms with Gasteiger partial charge >= 0.3 is 0 Å². The lowest BCUT2D eigenvalue weighted by atomic mass is 10.2. The Morgan fingerprint density at radius 2 is 2.43 bits per heavy atom. The zero-order valence-electron chi connectivity index (χ0n) is 7.53. The number of nitrogens with zero attached hydrogens (tertiary/aromatic N) is 2. The third-order valence-corrected chi connectivity index (χ3v) is 1.56. The number of hydrogen-bond acceptors (Lipinski definition) is 4. The predicted octanol–water partition coefficient (Wildman–Crippen LogP) is -0.358. The summed E-state index contributed by atoms with van der Waals surface area (Å²) in [4.78, 5) is 15.1. The van der Waals surface area contributed by atoms with Crippen molar-refractivity contribution in [3.05, 3.63) is 29.6 Å². The minimum Gasteiger partial charge on any atom is -0.349 e. The highest BCUT2D eigenvalue weighted by molar-refractivity contribution is 5.92. The van der Waals surface area contributed by atoms with Crippen molar-refractivity contribution in [3.63, 3.8) is 0 Å². The monoisotopic (exact) mass is 190 g/mol. The van der Waals surface area contributed by atoms with Crippen LogP contribution in [0, 0.1) is 11.3 Å². The molecule has 0 saturated carbocycles. The standard InChI is InChI=1S/C9H10N4O/c10-3-4-12-9(14)8-2-1-7(5-11)6-13-8/h1-2,6H,3-4,10H2,(H,12,14). The molecule has 0 atom stereocenters. The molecule has 0 fully saturated rings. The van der Waals surface area contributed by atoms with Gasteiger partial charge in [0, 0.05) is 19.3 Å². The van der Waals surface area contributed by atoms with Crippen LogP contribution >= 0.6 is 0 Å². The summed E-state index contributed by atoms with van der Waals surface area (Å²) in [5.74, 6) is -0.278. The lowest BCUT2D eigenvalue weighted by Gasteiger charge is -2.01. The fourth-order valence-corrected chi connectivity index (χ4v) is 0.871. The van der Waals surface area contributed by atoms with Gasteiger partial charge in [-0.25, -0.2) is 4.98 Å². The van der Waals surface area contributed by atoms with Gasteiger partial charge in [-0.3, -0.25) is 4.79 Å². The van der Waals surface area contributed by atoms with Crippen molar-refractivity contribution in [2.75, 3.05) is 13.1 Å². The number of amides is 1. The molecule has 14 heavy (non-hydrogen) atoms. The van der Waals surface area contributed by atoms with Crippen molar-refractivity contribution in [2.45, 2.75) is 0 Å². The molecule has 0 unspecified atom stereocenters. The second-order valence-corrected chi connectivity index (χ2v) is 2.59. The summed E-state index contributed by atoms with van der Waals surface area (Å²) in [5.41, 5.74) is 5.94. The van der Waals surface area contributed by atoms with Crippen LogP contribution in [0.2, 0.25) is 0 Å². The summed E-state index contributed by atoms with van der Waals surface area (Å²) in [6, 6.07) is 4.97. The van der Waals surface area contributed by atoms with Crippen molar-refractivity contribution < 1.29 is 4.79 Å². The number of carbonyl (C=O) groups is 1. The van der Waals surface area contributed by atoms with Crippen LogP contribution < -0.4 is 11.1 Å². The molecule has 1 amide bonds. The topological polar surface area (TPSA) is 91.8 Å². The highest BCUT2D eigenvalue weighted by atomic mass is 16.1. The number of rotatable bonds is 3. The Labute approximate surface area is 81.6 Å². The normalized spacial score (nSPS) is 9.14. The molecule has 5 nitrogen and oxygen atoms in total. The molecule has 1 heterocycles. The van der Waals surface area contributed by atoms with Crippen LogP contribution in [0.15, 0.2) is 18.3 Å². The molecule has 72 valence electrons. The molecule has 0 aromatic carbocycles. The van der Waals surface area contributed by atoms with Gasteiger partial charge in [-0.05, 0) is 12.1 Å². The van der Waals surface area contributed by atoms with Crippen LogP contribution in [0.1, 0.15) is 16.1 Å². The molecule has 0 saturated heterocycles. The quantitative estimate of drug-likeness (QED) is 0.681. The van der Waals surface area contributed by atoms with E-state index in [-0.39, 0.29) is 11.6 Å². The van der Waals surface area contributed by atoms with Gasteiger partial charge in [-0.15, -0.1) is 0 Å². The first kappa shape index (κ1) is 10.2. The first-order chi connectivity index (χ1) is 6.77.